The monoisotopic (exact) mass is 288 g/mol. The molecule has 5 heteroatoms. The number of nitrogens with one attached hydrogen (secondary N) is 1. The minimum atomic E-state index is -0.240. The number of anilines is 1. The fourth-order valence-electron chi connectivity index (χ4n) is 2.09. The van der Waals surface area contributed by atoms with E-state index in [-0.39, 0.29) is 5.82 Å². The highest BCUT2D eigenvalue weighted by Crippen LogP contribution is 2.18. The number of likely N-dealkylation sites (N-methyl/N-ethyl adjacent to an activating group) is 1. The largest absolute Gasteiger partial charge is 0.357 e. The minimum absolute atomic E-state index is 0.240. The molecule has 0 aliphatic carbocycles. The second-order valence-corrected chi connectivity index (χ2v) is 4.92. The summed E-state index contributed by atoms with van der Waals surface area (Å²) >= 11 is 0. The lowest BCUT2D eigenvalue weighted by molar-refractivity contribution is 0.583. The highest BCUT2D eigenvalue weighted by Gasteiger charge is 2.13. The molecule has 0 unspecified atom stereocenters. The number of aromatic nitrogens is 2. The summed E-state index contributed by atoms with van der Waals surface area (Å²) in [6.07, 6.45) is 6.03. The maximum atomic E-state index is 14.4. The van der Waals surface area contributed by atoms with Gasteiger partial charge in [0.1, 0.15) is 0 Å². The molecular formula is C16H21FN4. The first kappa shape index (κ1) is 15.4. The van der Waals surface area contributed by atoms with Crippen molar-refractivity contribution in [3.8, 4) is 0 Å². The summed E-state index contributed by atoms with van der Waals surface area (Å²) in [5.74, 6) is 0.162. The third-order valence-electron chi connectivity index (χ3n) is 3.36. The molecular weight excluding hydrogens is 267 g/mol. The number of nitrogens with zero attached hydrogens (tertiary/aromatic N) is 3. The Morgan fingerprint density at radius 3 is 2.67 bits per heavy atom. The minimum Gasteiger partial charge on any atom is -0.357 e. The van der Waals surface area contributed by atoms with Crippen molar-refractivity contribution in [3.63, 3.8) is 0 Å². The van der Waals surface area contributed by atoms with Crippen LogP contribution in [0.2, 0.25) is 0 Å². The number of halogens is 1. The topological polar surface area (TPSA) is 41.1 Å². The van der Waals surface area contributed by atoms with Crippen molar-refractivity contribution in [3.05, 3.63) is 53.7 Å². The summed E-state index contributed by atoms with van der Waals surface area (Å²) < 4.78 is 14.4. The van der Waals surface area contributed by atoms with Crippen LogP contribution in [-0.4, -0.2) is 30.1 Å². The van der Waals surface area contributed by atoms with Gasteiger partial charge in [-0.1, -0.05) is 6.92 Å². The lowest BCUT2D eigenvalue weighted by Gasteiger charge is -2.20. The third-order valence-corrected chi connectivity index (χ3v) is 3.36. The van der Waals surface area contributed by atoms with Gasteiger partial charge in [-0.3, -0.25) is 4.98 Å². The maximum Gasteiger partial charge on any atom is 0.170 e. The predicted molar refractivity (Wildman–Crippen MR) is 82.8 cm³/mol. The van der Waals surface area contributed by atoms with E-state index in [2.05, 4.69) is 15.3 Å². The molecule has 4 nitrogen and oxygen atoms in total. The first-order chi connectivity index (χ1) is 10.2. The Balaban J connectivity index is 2.03. The Labute approximate surface area is 125 Å². The van der Waals surface area contributed by atoms with Gasteiger partial charge in [0, 0.05) is 44.3 Å². The van der Waals surface area contributed by atoms with E-state index in [1.54, 1.807) is 24.7 Å². The summed E-state index contributed by atoms with van der Waals surface area (Å²) in [4.78, 5) is 10.0. The number of hydrogen-bond donors (Lipinski definition) is 1. The lowest BCUT2D eigenvalue weighted by atomic mass is 10.2. The molecule has 2 rings (SSSR count). The smallest absolute Gasteiger partial charge is 0.170 e. The van der Waals surface area contributed by atoms with Crippen LogP contribution in [0.3, 0.4) is 0 Å². The number of hydrogen-bond acceptors (Lipinski definition) is 4. The first-order valence-corrected chi connectivity index (χ1v) is 7.16. The van der Waals surface area contributed by atoms with Gasteiger partial charge in [-0.2, -0.15) is 0 Å². The van der Waals surface area contributed by atoms with Gasteiger partial charge in [0.25, 0.3) is 0 Å². The van der Waals surface area contributed by atoms with E-state index in [1.165, 1.54) is 5.56 Å². The lowest BCUT2D eigenvalue weighted by Crippen LogP contribution is -2.24. The molecule has 0 fully saturated rings. The van der Waals surface area contributed by atoms with Crippen LogP contribution in [0, 0.1) is 5.82 Å². The fourth-order valence-corrected chi connectivity index (χ4v) is 2.09. The summed E-state index contributed by atoms with van der Waals surface area (Å²) in [7, 11) is 1.86. The van der Waals surface area contributed by atoms with Gasteiger partial charge in [-0.25, -0.2) is 9.37 Å². The molecule has 0 radical (unpaired) electrons. The first-order valence-electron chi connectivity index (χ1n) is 7.16. The van der Waals surface area contributed by atoms with Gasteiger partial charge in [0.15, 0.2) is 11.6 Å². The second-order valence-electron chi connectivity index (χ2n) is 4.92. The second kappa shape index (κ2) is 7.69. The Morgan fingerprint density at radius 2 is 1.95 bits per heavy atom. The third kappa shape index (κ3) is 4.23. The summed E-state index contributed by atoms with van der Waals surface area (Å²) in [6.45, 7) is 4.05. The average Bonchev–Trinajstić information content (AvgIpc) is 2.52. The van der Waals surface area contributed by atoms with Crippen LogP contribution in [0.25, 0.3) is 0 Å². The van der Waals surface area contributed by atoms with Crippen LogP contribution in [0.5, 0.6) is 0 Å². The van der Waals surface area contributed by atoms with Crippen molar-refractivity contribution in [2.75, 3.05) is 25.0 Å². The molecule has 0 bridgehead atoms. The van der Waals surface area contributed by atoms with Gasteiger partial charge in [0.2, 0.25) is 0 Å². The van der Waals surface area contributed by atoms with Gasteiger partial charge in [-0.05, 0) is 36.7 Å². The fraction of sp³-hybridized carbons (Fsp3) is 0.375. The standard InChI is InChI=1S/C16H21FN4/c1-3-18-12-14-6-10-20-16(15(14)17)21(2)11-7-13-4-8-19-9-5-13/h4-6,8-10,18H,3,7,11-12H2,1-2H3. The number of pyridine rings is 2. The van der Waals surface area contributed by atoms with Crippen LogP contribution >= 0.6 is 0 Å². The van der Waals surface area contributed by atoms with Crippen molar-refractivity contribution in [2.45, 2.75) is 19.9 Å². The predicted octanol–water partition coefficient (Wildman–Crippen LogP) is 2.40. The molecule has 0 aliphatic heterocycles. The summed E-state index contributed by atoms with van der Waals surface area (Å²) in [5, 5.41) is 3.14. The SMILES string of the molecule is CCNCc1ccnc(N(C)CCc2ccncc2)c1F. The van der Waals surface area contributed by atoms with Crippen LogP contribution in [0.1, 0.15) is 18.1 Å². The molecule has 2 aromatic heterocycles. The summed E-state index contributed by atoms with van der Waals surface area (Å²) in [6, 6.07) is 5.66. The molecule has 0 saturated carbocycles. The van der Waals surface area contributed by atoms with Gasteiger partial charge in [-0.15, -0.1) is 0 Å². The van der Waals surface area contributed by atoms with Gasteiger partial charge in [0.05, 0.1) is 0 Å². The van der Waals surface area contributed by atoms with E-state index < -0.39 is 0 Å². The van der Waals surface area contributed by atoms with Crippen LogP contribution in [-0.2, 0) is 13.0 Å². The van der Waals surface area contributed by atoms with E-state index in [0.717, 1.165) is 13.0 Å². The highest BCUT2D eigenvalue weighted by atomic mass is 19.1. The highest BCUT2D eigenvalue weighted by molar-refractivity contribution is 5.42. The Kier molecular flexibility index (Phi) is 5.63. The van der Waals surface area contributed by atoms with Crippen molar-refractivity contribution < 1.29 is 4.39 Å². The molecule has 2 heterocycles. The number of rotatable bonds is 7. The zero-order valence-electron chi connectivity index (χ0n) is 12.5. The van der Waals surface area contributed by atoms with E-state index in [1.807, 2.05) is 31.0 Å². The zero-order valence-corrected chi connectivity index (χ0v) is 12.5. The molecule has 2 aromatic rings. The average molecular weight is 288 g/mol. The molecule has 1 N–H and O–H groups in total. The van der Waals surface area contributed by atoms with Gasteiger partial charge < -0.3 is 10.2 Å². The normalized spacial score (nSPS) is 10.6. The van der Waals surface area contributed by atoms with E-state index in [9.17, 15) is 4.39 Å². The molecule has 0 aliphatic rings. The van der Waals surface area contributed by atoms with E-state index in [0.29, 0.717) is 24.5 Å². The molecule has 21 heavy (non-hydrogen) atoms. The van der Waals surface area contributed by atoms with E-state index >= 15 is 0 Å². The van der Waals surface area contributed by atoms with Crippen LogP contribution in [0.15, 0.2) is 36.8 Å². The van der Waals surface area contributed by atoms with Crippen molar-refractivity contribution in [1.29, 1.82) is 0 Å². The van der Waals surface area contributed by atoms with Crippen LogP contribution < -0.4 is 10.2 Å². The van der Waals surface area contributed by atoms with Crippen LogP contribution in [0.4, 0.5) is 10.2 Å². The molecule has 0 spiro atoms. The van der Waals surface area contributed by atoms with Crippen molar-refractivity contribution >= 4 is 5.82 Å². The molecule has 0 atom stereocenters. The Morgan fingerprint density at radius 1 is 1.19 bits per heavy atom. The van der Waals surface area contributed by atoms with Crippen molar-refractivity contribution in [2.24, 2.45) is 0 Å². The summed E-state index contributed by atoms with van der Waals surface area (Å²) in [5.41, 5.74) is 1.83. The zero-order chi connectivity index (χ0) is 15.1. The Bertz CT molecular complexity index is 559. The molecule has 0 aromatic carbocycles. The molecule has 0 saturated heterocycles. The molecule has 112 valence electrons. The molecule has 0 amide bonds. The Hall–Kier alpha value is -2.01. The van der Waals surface area contributed by atoms with E-state index in [4.69, 9.17) is 0 Å². The van der Waals surface area contributed by atoms with Gasteiger partial charge >= 0.3 is 0 Å². The maximum absolute atomic E-state index is 14.4. The van der Waals surface area contributed by atoms with Crippen molar-refractivity contribution in [1.82, 2.24) is 15.3 Å². The quantitative estimate of drug-likeness (QED) is 0.849.